The molecule has 0 aromatic heterocycles. The van der Waals surface area contributed by atoms with Gasteiger partial charge in [0.1, 0.15) is 6.04 Å². The Morgan fingerprint density at radius 1 is 1.00 bits per heavy atom. The Labute approximate surface area is 166 Å². The number of hydrogen-bond donors (Lipinski definition) is 1. The van der Waals surface area contributed by atoms with Crippen molar-refractivity contribution in [3.05, 3.63) is 83.4 Å². The second-order valence-electron chi connectivity index (χ2n) is 7.32. The van der Waals surface area contributed by atoms with Gasteiger partial charge in [0.2, 0.25) is 0 Å². The van der Waals surface area contributed by atoms with Crippen molar-refractivity contribution in [2.75, 3.05) is 6.54 Å². The second kappa shape index (κ2) is 7.52. The molecule has 1 heterocycles. The number of aliphatic carboxylic acids is 1. The van der Waals surface area contributed by atoms with Crippen LogP contribution in [0.5, 0.6) is 0 Å². The first-order chi connectivity index (χ1) is 13.9. The number of rotatable bonds is 4. The SMILES string of the molecule is O=C(O)C1CCCN1C(c1ccc(C(F)(F)F)cc1)c1cccc2ccccc12. The smallest absolute Gasteiger partial charge is 0.416 e. The minimum absolute atomic E-state index is 0.438. The standard InChI is InChI=1S/C23H20F3NO2/c24-23(25,26)17-12-10-16(11-13-17)21(27-14-4-9-20(27)22(28)29)19-8-3-6-15-5-1-2-7-18(15)19/h1-3,5-8,10-13,20-21H,4,9,14H2,(H,28,29). The molecule has 6 heteroatoms. The Kier molecular flexibility index (Phi) is 5.04. The van der Waals surface area contributed by atoms with Crippen LogP contribution in [0.4, 0.5) is 13.2 Å². The highest BCUT2D eigenvalue weighted by atomic mass is 19.4. The van der Waals surface area contributed by atoms with Gasteiger partial charge >= 0.3 is 12.1 Å². The lowest BCUT2D eigenvalue weighted by molar-refractivity contribution is -0.142. The Morgan fingerprint density at radius 2 is 1.69 bits per heavy atom. The third-order valence-electron chi connectivity index (χ3n) is 5.58. The normalized spacial score (nSPS) is 18.8. The third kappa shape index (κ3) is 3.72. The van der Waals surface area contributed by atoms with E-state index in [-0.39, 0.29) is 0 Å². The van der Waals surface area contributed by atoms with E-state index in [1.54, 1.807) is 0 Å². The van der Waals surface area contributed by atoms with E-state index in [1.165, 1.54) is 12.1 Å². The van der Waals surface area contributed by atoms with Gasteiger partial charge in [0.15, 0.2) is 0 Å². The summed E-state index contributed by atoms with van der Waals surface area (Å²) in [7, 11) is 0. The molecular formula is C23H20F3NO2. The van der Waals surface area contributed by atoms with Crippen molar-refractivity contribution in [3.63, 3.8) is 0 Å². The van der Waals surface area contributed by atoms with E-state index < -0.39 is 29.8 Å². The molecule has 3 aromatic rings. The lowest BCUT2D eigenvalue weighted by Gasteiger charge is -2.33. The molecule has 0 aliphatic carbocycles. The molecule has 1 fully saturated rings. The molecule has 4 rings (SSSR count). The summed E-state index contributed by atoms with van der Waals surface area (Å²) in [4.78, 5) is 13.7. The molecule has 1 aliphatic rings. The highest BCUT2D eigenvalue weighted by Crippen LogP contribution is 2.39. The number of halogens is 3. The lowest BCUT2D eigenvalue weighted by atomic mass is 9.91. The molecule has 2 unspecified atom stereocenters. The van der Waals surface area contributed by atoms with Gasteiger partial charge in [0.25, 0.3) is 0 Å². The summed E-state index contributed by atoms with van der Waals surface area (Å²) >= 11 is 0. The van der Waals surface area contributed by atoms with E-state index in [9.17, 15) is 23.1 Å². The molecule has 0 bridgehead atoms. The molecule has 2 atom stereocenters. The number of carbonyl (C=O) groups is 1. The second-order valence-corrected chi connectivity index (χ2v) is 7.32. The van der Waals surface area contributed by atoms with E-state index in [1.807, 2.05) is 47.4 Å². The van der Waals surface area contributed by atoms with Gasteiger partial charge in [-0.05, 0) is 46.9 Å². The number of hydrogen-bond acceptors (Lipinski definition) is 2. The monoisotopic (exact) mass is 399 g/mol. The third-order valence-corrected chi connectivity index (χ3v) is 5.58. The van der Waals surface area contributed by atoms with Crippen LogP contribution in [0.25, 0.3) is 10.8 Å². The minimum Gasteiger partial charge on any atom is -0.480 e. The summed E-state index contributed by atoms with van der Waals surface area (Å²) in [5, 5.41) is 11.7. The zero-order valence-corrected chi connectivity index (χ0v) is 15.6. The molecule has 0 radical (unpaired) electrons. The van der Waals surface area contributed by atoms with Gasteiger partial charge in [-0.15, -0.1) is 0 Å². The van der Waals surface area contributed by atoms with Crippen molar-refractivity contribution in [1.29, 1.82) is 0 Å². The summed E-state index contributed by atoms with van der Waals surface area (Å²) in [6.45, 7) is 0.575. The molecule has 0 spiro atoms. The molecule has 1 saturated heterocycles. The molecule has 3 aromatic carbocycles. The van der Waals surface area contributed by atoms with Crippen LogP contribution in [0, 0.1) is 0 Å². The number of nitrogens with zero attached hydrogens (tertiary/aromatic N) is 1. The molecule has 0 saturated carbocycles. The van der Waals surface area contributed by atoms with Gasteiger partial charge in [0, 0.05) is 6.54 Å². The maximum Gasteiger partial charge on any atom is 0.416 e. The van der Waals surface area contributed by atoms with Gasteiger partial charge in [-0.2, -0.15) is 13.2 Å². The topological polar surface area (TPSA) is 40.5 Å². The van der Waals surface area contributed by atoms with Crippen LogP contribution < -0.4 is 0 Å². The van der Waals surface area contributed by atoms with Crippen molar-refractivity contribution in [1.82, 2.24) is 4.90 Å². The molecule has 29 heavy (non-hydrogen) atoms. The molecule has 0 amide bonds. The number of likely N-dealkylation sites (tertiary alicyclic amines) is 1. The van der Waals surface area contributed by atoms with E-state index in [0.29, 0.717) is 18.5 Å². The van der Waals surface area contributed by atoms with Crippen LogP contribution in [0.1, 0.15) is 35.6 Å². The lowest BCUT2D eigenvalue weighted by Crippen LogP contribution is -2.39. The van der Waals surface area contributed by atoms with Crippen LogP contribution in [0.2, 0.25) is 0 Å². The fourth-order valence-corrected chi connectivity index (χ4v) is 4.26. The summed E-state index contributed by atoms with van der Waals surface area (Å²) in [5.74, 6) is -0.903. The Bertz CT molecular complexity index is 1020. The zero-order valence-electron chi connectivity index (χ0n) is 15.6. The van der Waals surface area contributed by atoms with Crippen molar-refractivity contribution >= 4 is 16.7 Å². The van der Waals surface area contributed by atoms with Crippen LogP contribution in [-0.2, 0) is 11.0 Å². The van der Waals surface area contributed by atoms with Gasteiger partial charge in [0.05, 0.1) is 11.6 Å². The Balaban J connectivity index is 1.87. The maximum atomic E-state index is 13.0. The molecule has 150 valence electrons. The van der Waals surface area contributed by atoms with Gasteiger partial charge in [-0.1, -0.05) is 54.6 Å². The largest absolute Gasteiger partial charge is 0.480 e. The molecule has 3 nitrogen and oxygen atoms in total. The first-order valence-electron chi connectivity index (χ1n) is 9.49. The van der Waals surface area contributed by atoms with Crippen LogP contribution in [0.3, 0.4) is 0 Å². The van der Waals surface area contributed by atoms with Crippen LogP contribution in [-0.4, -0.2) is 28.6 Å². The Hall–Kier alpha value is -2.86. The highest BCUT2D eigenvalue weighted by molar-refractivity contribution is 5.86. The quantitative estimate of drug-likeness (QED) is 0.630. The molecule has 1 N–H and O–H groups in total. The number of alkyl halides is 3. The molecule has 1 aliphatic heterocycles. The average molecular weight is 399 g/mol. The highest BCUT2D eigenvalue weighted by Gasteiger charge is 2.38. The number of fused-ring (bicyclic) bond motifs is 1. The van der Waals surface area contributed by atoms with E-state index >= 15 is 0 Å². The van der Waals surface area contributed by atoms with Gasteiger partial charge < -0.3 is 5.11 Å². The minimum atomic E-state index is -4.41. The van der Waals surface area contributed by atoms with Gasteiger partial charge in [-0.25, -0.2) is 0 Å². The number of carboxylic acids is 1. The summed E-state index contributed by atoms with van der Waals surface area (Å²) < 4.78 is 39.1. The zero-order chi connectivity index (χ0) is 20.6. The number of benzene rings is 3. The summed E-state index contributed by atoms with van der Waals surface area (Å²) in [5.41, 5.74) is 0.840. The molecular weight excluding hydrogens is 379 g/mol. The van der Waals surface area contributed by atoms with E-state index in [4.69, 9.17) is 0 Å². The first-order valence-corrected chi connectivity index (χ1v) is 9.49. The van der Waals surface area contributed by atoms with Crippen LogP contribution >= 0.6 is 0 Å². The van der Waals surface area contributed by atoms with Crippen molar-refractivity contribution in [3.8, 4) is 0 Å². The Morgan fingerprint density at radius 3 is 2.38 bits per heavy atom. The first kappa shape index (κ1) is 19.5. The maximum absolute atomic E-state index is 13.0. The predicted molar refractivity (Wildman–Crippen MR) is 105 cm³/mol. The van der Waals surface area contributed by atoms with Gasteiger partial charge in [-0.3, -0.25) is 9.69 Å². The average Bonchev–Trinajstić information content (AvgIpc) is 3.18. The predicted octanol–water partition coefficient (Wildman–Crippen LogP) is 5.50. The van der Waals surface area contributed by atoms with E-state index in [0.717, 1.165) is 34.9 Å². The summed E-state index contributed by atoms with van der Waals surface area (Å²) in [6, 6.07) is 17.5. The van der Waals surface area contributed by atoms with Crippen molar-refractivity contribution < 1.29 is 23.1 Å². The fourth-order valence-electron chi connectivity index (χ4n) is 4.26. The van der Waals surface area contributed by atoms with Crippen molar-refractivity contribution in [2.24, 2.45) is 0 Å². The fraction of sp³-hybridized carbons (Fsp3) is 0.261. The van der Waals surface area contributed by atoms with E-state index in [2.05, 4.69) is 0 Å². The van der Waals surface area contributed by atoms with Crippen molar-refractivity contribution in [2.45, 2.75) is 31.1 Å². The van der Waals surface area contributed by atoms with Crippen LogP contribution in [0.15, 0.2) is 66.7 Å². The summed E-state index contributed by atoms with van der Waals surface area (Å²) in [6.07, 6.45) is -3.15. The number of carboxylic acid groups (broad SMARTS) is 1.